The summed E-state index contributed by atoms with van der Waals surface area (Å²) in [6.07, 6.45) is 0.907. The molecular formula is C19H29N3O2. The van der Waals surface area contributed by atoms with E-state index in [9.17, 15) is 4.79 Å². The van der Waals surface area contributed by atoms with Gasteiger partial charge in [-0.1, -0.05) is 25.1 Å². The van der Waals surface area contributed by atoms with E-state index in [-0.39, 0.29) is 11.9 Å². The van der Waals surface area contributed by atoms with E-state index in [1.165, 1.54) is 18.4 Å². The number of ether oxygens (including phenoxy) is 1. The van der Waals surface area contributed by atoms with Gasteiger partial charge in [0.25, 0.3) is 0 Å². The lowest BCUT2D eigenvalue weighted by Crippen LogP contribution is -2.46. The highest BCUT2D eigenvalue weighted by Crippen LogP contribution is 2.26. The van der Waals surface area contributed by atoms with Crippen LogP contribution in [0.25, 0.3) is 0 Å². The van der Waals surface area contributed by atoms with Crippen molar-refractivity contribution >= 4 is 11.7 Å². The van der Waals surface area contributed by atoms with Gasteiger partial charge in [-0.25, -0.2) is 0 Å². The molecule has 0 aromatic heterocycles. The number of benzene rings is 1. The van der Waals surface area contributed by atoms with Gasteiger partial charge in [-0.05, 0) is 31.1 Å². The number of esters is 1. The first kappa shape index (κ1) is 17.2. The topological polar surface area (TPSA) is 36.0 Å². The molecule has 2 fully saturated rings. The van der Waals surface area contributed by atoms with Crippen molar-refractivity contribution < 1.29 is 9.53 Å². The van der Waals surface area contributed by atoms with Crippen LogP contribution in [0.4, 0.5) is 5.69 Å². The van der Waals surface area contributed by atoms with Gasteiger partial charge in [0.15, 0.2) is 0 Å². The van der Waals surface area contributed by atoms with Gasteiger partial charge in [0, 0.05) is 45.0 Å². The molecule has 132 valence electrons. The van der Waals surface area contributed by atoms with Crippen LogP contribution in [-0.4, -0.2) is 68.7 Å². The predicted octanol–water partition coefficient (Wildman–Crippen LogP) is 1.82. The summed E-state index contributed by atoms with van der Waals surface area (Å²) in [4.78, 5) is 19.1. The first-order valence-corrected chi connectivity index (χ1v) is 9.06. The summed E-state index contributed by atoms with van der Waals surface area (Å²) in [7, 11) is 1.48. The smallest absolute Gasteiger partial charge is 0.310 e. The molecule has 1 aromatic carbocycles. The van der Waals surface area contributed by atoms with E-state index in [4.69, 9.17) is 4.74 Å². The highest BCUT2D eigenvalue weighted by atomic mass is 16.5. The standard InChI is InChI=1S/C19H29N3O2/c1-3-20-10-12-22(13-11-20)18-7-5-4-6-16(18)14-21-9-8-17(15-21)19(23)24-2/h4-7,17H,3,8-15H2,1-2H3. The van der Waals surface area contributed by atoms with Crippen LogP contribution >= 0.6 is 0 Å². The third-order valence-electron chi connectivity index (χ3n) is 5.35. The third kappa shape index (κ3) is 3.90. The molecule has 0 saturated carbocycles. The van der Waals surface area contributed by atoms with Crippen molar-refractivity contribution in [3.05, 3.63) is 29.8 Å². The van der Waals surface area contributed by atoms with E-state index in [1.54, 1.807) is 0 Å². The van der Waals surface area contributed by atoms with E-state index >= 15 is 0 Å². The van der Waals surface area contributed by atoms with E-state index in [2.05, 4.69) is 45.9 Å². The number of hydrogen-bond donors (Lipinski definition) is 0. The molecule has 2 aliphatic rings. The normalized spacial score (nSPS) is 22.8. The SMILES string of the molecule is CCN1CCN(c2ccccc2CN2CCC(C(=O)OC)C2)CC1. The Labute approximate surface area is 145 Å². The Morgan fingerprint density at radius 2 is 1.88 bits per heavy atom. The Bertz CT molecular complexity index is 555. The van der Waals surface area contributed by atoms with Crippen LogP contribution in [0.15, 0.2) is 24.3 Å². The van der Waals surface area contributed by atoms with Crippen molar-refractivity contribution in [2.45, 2.75) is 19.9 Å². The summed E-state index contributed by atoms with van der Waals surface area (Å²) < 4.78 is 4.89. The molecule has 0 amide bonds. The molecule has 2 heterocycles. The molecule has 0 bridgehead atoms. The zero-order valence-electron chi connectivity index (χ0n) is 14.9. The van der Waals surface area contributed by atoms with Crippen LogP contribution in [-0.2, 0) is 16.1 Å². The number of hydrogen-bond acceptors (Lipinski definition) is 5. The second kappa shape index (κ2) is 7.99. The van der Waals surface area contributed by atoms with Crippen molar-refractivity contribution in [3.8, 4) is 0 Å². The average molecular weight is 331 g/mol. The molecule has 0 aliphatic carbocycles. The number of nitrogens with zero attached hydrogens (tertiary/aromatic N) is 3. The van der Waals surface area contributed by atoms with Gasteiger partial charge in [0.05, 0.1) is 13.0 Å². The summed E-state index contributed by atoms with van der Waals surface area (Å²) >= 11 is 0. The number of likely N-dealkylation sites (tertiary alicyclic amines) is 1. The molecule has 1 unspecified atom stereocenters. The Balaban J connectivity index is 1.64. The fraction of sp³-hybridized carbons (Fsp3) is 0.632. The van der Waals surface area contributed by atoms with Gasteiger partial charge in [-0.3, -0.25) is 9.69 Å². The monoisotopic (exact) mass is 331 g/mol. The van der Waals surface area contributed by atoms with Crippen LogP contribution in [0, 0.1) is 5.92 Å². The summed E-state index contributed by atoms with van der Waals surface area (Å²) in [5.74, 6) is -0.0308. The second-order valence-electron chi connectivity index (χ2n) is 6.79. The highest BCUT2D eigenvalue weighted by Gasteiger charge is 2.29. The summed E-state index contributed by atoms with van der Waals surface area (Å²) in [6.45, 7) is 10.5. The van der Waals surface area contributed by atoms with Crippen molar-refractivity contribution in [1.82, 2.24) is 9.80 Å². The maximum Gasteiger partial charge on any atom is 0.310 e. The second-order valence-corrected chi connectivity index (χ2v) is 6.79. The Morgan fingerprint density at radius 1 is 1.12 bits per heavy atom. The predicted molar refractivity (Wildman–Crippen MR) is 96.2 cm³/mol. The van der Waals surface area contributed by atoms with Crippen LogP contribution in [0.5, 0.6) is 0 Å². The van der Waals surface area contributed by atoms with Gasteiger partial charge in [-0.2, -0.15) is 0 Å². The zero-order valence-corrected chi connectivity index (χ0v) is 14.9. The molecule has 1 atom stereocenters. The lowest BCUT2D eigenvalue weighted by atomic mass is 10.1. The van der Waals surface area contributed by atoms with Gasteiger partial charge in [0.2, 0.25) is 0 Å². The lowest BCUT2D eigenvalue weighted by molar-refractivity contribution is -0.144. The molecule has 3 rings (SSSR count). The molecule has 24 heavy (non-hydrogen) atoms. The molecular weight excluding hydrogens is 302 g/mol. The number of carbonyl (C=O) groups is 1. The van der Waals surface area contributed by atoms with E-state index in [0.717, 1.165) is 58.8 Å². The van der Waals surface area contributed by atoms with Crippen LogP contribution in [0.1, 0.15) is 18.9 Å². The van der Waals surface area contributed by atoms with E-state index < -0.39 is 0 Å². The molecule has 0 radical (unpaired) electrons. The molecule has 2 aliphatic heterocycles. The van der Waals surface area contributed by atoms with E-state index in [1.807, 2.05) is 0 Å². The molecule has 1 aromatic rings. The van der Waals surface area contributed by atoms with Crippen molar-refractivity contribution in [2.75, 3.05) is 57.8 Å². The first-order valence-electron chi connectivity index (χ1n) is 9.06. The number of rotatable bonds is 5. The number of carbonyl (C=O) groups excluding carboxylic acids is 1. The number of para-hydroxylation sites is 1. The van der Waals surface area contributed by atoms with Crippen molar-refractivity contribution in [2.24, 2.45) is 5.92 Å². The maximum absolute atomic E-state index is 11.7. The largest absolute Gasteiger partial charge is 0.469 e. The lowest BCUT2D eigenvalue weighted by Gasteiger charge is -2.36. The summed E-state index contributed by atoms with van der Waals surface area (Å²) in [6, 6.07) is 8.72. The summed E-state index contributed by atoms with van der Waals surface area (Å²) in [5, 5.41) is 0. The third-order valence-corrected chi connectivity index (χ3v) is 5.35. The molecule has 5 nitrogen and oxygen atoms in total. The minimum atomic E-state index is -0.0681. The van der Waals surface area contributed by atoms with Gasteiger partial charge >= 0.3 is 5.97 Å². The summed E-state index contributed by atoms with van der Waals surface area (Å²) in [5.41, 5.74) is 2.72. The fourth-order valence-corrected chi connectivity index (χ4v) is 3.83. The molecule has 5 heteroatoms. The first-order chi connectivity index (χ1) is 11.7. The van der Waals surface area contributed by atoms with Gasteiger partial charge in [0.1, 0.15) is 0 Å². The van der Waals surface area contributed by atoms with Gasteiger partial charge in [-0.15, -0.1) is 0 Å². The Hall–Kier alpha value is -1.59. The minimum absolute atomic E-state index is 0.0373. The molecule has 0 N–H and O–H groups in total. The number of anilines is 1. The van der Waals surface area contributed by atoms with Crippen LogP contribution < -0.4 is 4.90 Å². The van der Waals surface area contributed by atoms with Crippen molar-refractivity contribution in [3.63, 3.8) is 0 Å². The number of methoxy groups -OCH3 is 1. The van der Waals surface area contributed by atoms with E-state index in [0.29, 0.717) is 0 Å². The maximum atomic E-state index is 11.7. The fourth-order valence-electron chi connectivity index (χ4n) is 3.83. The average Bonchev–Trinajstić information content (AvgIpc) is 3.10. The number of piperazine rings is 1. The van der Waals surface area contributed by atoms with Crippen molar-refractivity contribution in [1.29, 1.82) is 0 Å². The Morgan fingerprint density at radius 3 is 2.58 bits per heavy atom. The molecule has 0 spiro atoms. The number of likely N-dealkylation sites (N-methyl/N-ethyl adjacent to an activating group) is 1. The Kier molecular flexibility index (Phi) is 5.74. The van der Waals surface area contributed by atoms with Gasteiger partial charge < -0.3 is 14.5 Å². The zero-order chi connectivity index (χ0) is 16.9. The van der Waals surface area contributed by atoms with Crippen LogP contribution in [0.3, 0.4) is 0 Å². The van der Waals surface area contributed by atoms with Crippen LogP contribution in [0.2, 0.25) is 0 Å². The highest BCUT2D eigenvalue weighted by molar-refractivity contribution is 5.72. The quantitative estimate of drug-likeness (QED) is 0.769. The molecule has 2 saturated heterocycles. The minimum Gasteiger partial charge on any atom is -0.469 e.